The maximum Gasteiger partial charge on any atom is 0.225 e. The van der Waals surface area contributed by atoms with E-state index in [1.54, 1.807) is 11.3 Å². The van der Waals surface area contributed by atoms with Crippen molar-refractivity contribution in [1.29, 1.82) is 0 Å². The average Bonchev–Trinajstić information content (AvgIpc) is 3.05. The number of amides is 1. The Hall–Kier alpha value is -2.59. The van der Waals surface area contributed by atoms with Gasteiger partial charge >= 0.3 is 0 Å². The van der Waals surface area contributed by atoms with Crippen molar-refractivity contribution >= 4 is 22.9 Å². The van der Waals surface area contributed by atoms with Gasteiger partial charge in [-0.25, -0.2) is 0 Å². The molecule has 1 aromatic heterocycles. The molecule has 1 unspecified atom stereocenters. The second-order valence-electron chi connectivity index (χ2n) is 6.80. The first-order valence-electron chi connectivity index (χ1n) is 8.85. The van der Waals surface area contributed by atoms with Crippen LogP contribution in [0.2, 0.25) is 0 Å². The minimum atomic E-state index is 0.0700. The minimum Gasteiger partial charge on any atom is -0.491 e. The molecule has 1 atom stereocenters. The lowest BCUT2D eigenvalue weighted by molar-refractivity contribution is -0.116. The lowest BCUT2D eigenvalue weighted by atomic mass is 9.89. The van der Waals surface area contributed by atoms with Gasteiger partial charge in [0.25, 0.3) is 0 Å². The third-order valence-electron chi connectivity index (χ3n) is 4.53. The highest BCUT2D eigenvalue weighted by Gasteiger charge is 2.30. The van der Waals surface area contributed by atoms with Crippen molar-refractivity contribution < 1.29 is 9.53 Å². The van der Waals surface area contributed by atoms with Crippen molar-refractivity contribution in [2.45, 2.75) is 32.3 Å². The van der Waals surface area contributed by atoms with Crippen LogP contribution in [0.15, 0.2) is 60.0 Å². The van der Waals surface area contributed by atoms with E-state index in [0.717, 1.165) is 28.1 Å². The Kier molecular flexibility index (Phi) is 4.51. The summed E-state index contributed by atoms with van der Waals surface area (Å²) in [5.41, 5.74) is 4.35. The first kappa shape index (κ1) is 16.9. The zero-order valence-electron chi connectivity index (χ0n) is 14.9. The number of ether oxygens (including phenoxy) is 1. The standard InChI is InChI=1S/C22H21NO2S/c1-14(2)25-17-10-8-16(9-11-17)18-12-20(24)23-21-19(13-26-22(18)21)15-6-4-3-5-7-15/h3-11,13-14,18H,12H2,1-2H3,(H,23,24). The number of anilines is 1. The molecule has 1 aliphatic heterocycles. The predicted molar refractivity (Wildman–Crippen MR) is 107 cm³/mol. The van der Waals surface area contributed by atoms with Gasteiger partial charge in [0.05, 0.1) is 11.8 Å². The Morgan fingerprint density at radius 1 is 1.08 bits per heavy atom. The van der Waals surface area contributed by atoms with Crippen molar-refractivity contribution in [2.24, 2.45) is 0 Å². The molecule has 0 bridgehead atoms. The predicted octanol–water partition coefficient (Wildman–Crippen LogP) is 5.68. The third kappa shape index (κ3) is 3.25. The van der Waals surface area contributed by atoms with Crippen LogP contribution in [0.4, 0.5) is 5.69 Å². The van der Waals surface area contributed by atoms with Gasteiger partial charge in [-0.1, -0.05) is 42.5 Å². The van der Waals surface area contributed by atoms with E-state index in [-0.39, 0.29) is 17.9 Å². The average molecular weight is 363 g/mol. The maximum atomic E-state index is 12.4. The molecule has 0 saturated heterocycles. The molecule has 2 aromatic carbocycles. The molecule has 26 heavy (non-hydrogen) atoms. The van der Waals surface area contributed by atoms with E-state index in [2.05, 4.69) is 35.0 Å². The number of thiophene rings is 1. The lowest BCUT2D eigenvalue weighted by Gasteiger charge is -2.24. The van der Waals surface area contributed by atoms with Crippen LogP contribution in [0.3, 0.4) is 0 Å². The number of carbonyl (C=O) groups is 1. The normalized spacial score (nSPS) is 16.3. The van der Waals surface area contributed by atoms with Crippen LogP contribution < -0.4 is 10.1 Å². The molecular weight excluding hydrogens is 342 g/mol. The molecule has 0 spiro atoms. The molecule has 1 N–H and O–H groups in total. The van der Waals surface area contributed by atoms with Crippen LogP contribution in [-0.2, 0) is 4.79 Å². The SMILES string of the molecule is CC(C)Oc1ccc(C2CC(=O)Nc3c(-c4ccccc4)csc32)cc1. The highest BCUT2D eigenvalue weighted by atomic mass is 32.1. The van der Waals surface area contributed by atoms with Gasteiger partial charge in [-0.3, -0.25) is 4.79 Å². The number of benzene rings is 2. The van der Waals surface area contributed by atoms with Gasteiger partial charge in [0.15, 0.2) is 0 Å². The summed E-state index contributed by atoms with van der Waals surface area (Å²) < 4.78 is 5.73. The quantitative estimate of drug-likeness (QED) is 0.648. The first-order chi connectivity index (χ1) is 12.6. The minimum absolute atomic E-state index is 0.0700. The van der Waals surface area contributed by atoms with E-state index in [1.165, 1.54) is 4.88 Å². The second-order valence-corrected chi connectivity index (χ2v) is 7.71. The molecule has 0 saturated carbocycles. The molecule has 3 aromatic rings. The summed E-state index contributed by atoms with van der Waals surface area (Å²) in [7, 11) is 0. The highest BCUT2D eigenvalue weighted by Crippen LogP contribution is 2.46. The van der Waals surface area contributed by atoms with Crippen molar-refractivity contribution in [3.05, 3.63) is 70.4 Å². The third-order valence-corrected chi connectivity index (χ3v) is 5.63. The number of fused-ring (bicyclic) bond motifs is 1. The van der Waals surface area contributed by atoms with Gasteiger partial charge in [-0.15, -0.1) is 11.3 Å². The van der Waals surface area contributed by atoms with Gasteiger partial charge in [0.1, 0.15) is 5.75 Å². The van der Waals surface area contributed by atoms with E-state index >= 15 is 0 Å². The number of carbonyl (C=O) groups excluding carboxylic acids is 1. The van der Waals surface area contributed by atoms with Crippen LogP contribution >= 0.6 is 11.3 Å². The second kappa shape index (κ2) is 6.96. The summed E-state index contributed by atoms with van der Waals surface area (Å²) in [5, 5.41) is 5.24. The van der Waals surface area contributed by atoms with Gasteiger partial charge in [0, 0.05) is 28.2 Å². The summed E-state index contributed by atoms with van der Waals surface area (Å²) in [6.07, 6.45) is 0.630. The number of hydrogen-bond acceptors (Lipinski definition) is 3. The molecular formula is C22H21NO2S. The Morgan fingerprint density at radius 3 is 2.50 bits per heavy atom. The van der Waals surface area contributed by atoms with Crippen molar-refractivity contribution in [3.8, 4) is 16.9 Å². The summed E-state index contributed by atoms with van der Waals surface area (Å²) in [5.74, 6) is 1.02. The Bertz CT molecular complexity index is 913. The number of rotatable bonds is 4. The van der Waals surface area contributed by atoms with Crippen molar-refractivity contribution in [3.63, 3.8) is 0 Å². The Balaban J connectivity index is 1.70. The highest BCUT2D eigenvalue weighted by molar-refractivity contribution is 7.11. The first-order valence-corrected chi connectivity index (χ1v) is 9.73. The van der Waals surface area contributed by atoms with Crippen LogP contribution in [-0.4, -0.2) is 12.0 Å². The van der Waals surface area contributed by atoms with E-state index in [0.29, 0.717) is 6.42 Å². The number of hydrogen-bond donors (Lipinski definition) is 1. The fraction of sp³-hybridized carbons (Fsp3) is 0.227. The molecule has 1 aliphatic rings. The van der Waals surface area contributed by atoms with Crippen molar-refractivity contribution in [1.82, 2.24) is 0 Å². The molecule has 4 rings (SSSR count). The monoisotopic (exact) mass is 363 g/mol. The van der Waals surface area contributed by atoms with E-state index < -0.39 is 0 Å². The molecule has 1 amide bonds. The molecule has 3 nitrogen and oxygen atoms in total. The Labute approximate surface area is 157 Å². The zero-order chi connectivity index (χ0) is 18.1. The van der Waals surface area contributed by atoms with Crippen molar-refractivity contribution in [2.75, 3.05) is 5.32 Å². The summed E-state index contributed by atoms with van der Waals surface area (Å²) >= 11 is 1.72. The molecule has 132 valence electrons. The van der Waals surface area contributed by atoms with Gasteiger partial charge in [-0.05, 0) is 37.1 Å². The molecule has 0 fully saturated rings. The fourth-order valence-electron chi connectivity index (χ4n) is 3.38. The molecule has 0 radical (unpaired) electrons. The van der Waals surface area contributed by atoms with Gasteiger partial charge in [0.2, 0.25) is 5.91 Å². The summed E-state index contributed by atoms with van der Waals surface area (Å²) in [6, 6.07) is 18.3. The molecule has 0 aliphatic carbocycles. The van der Waals surface area contributed by atoms with Crippen LogP contribution in [0.1, 0.15) is 36.6 Å². The fourth-order valence-corrected chi connectivity index (χ4v) is 4.54. The van der Waals surface area contributed by atoms with Gasteiger partial charge < -0.3 is 10.1 Å². The zero-order valence-corrected chi connectivity index (χ0v) is 15.7. The molecule has 2 heterocycles. The van der Waals surface area contributed by atoms with E-state index in [9.17, 15) is 4.79 Å². The topological polar surface area (TPSA) is 38.3 Å². The van der Waals surface area contributed by atoms with Crippen LogP contribution in [0.25, 0.3) is 11.1 Å². The van der Waals surface area contributed by atoms with E-state index in [1.807, 2.05) is 44.2 Å². The van der Waals surface area contributed by atoms with Crippen LogP contribution in [0, 0.1) is 0 Å². The number of nitrogens with one attached hydrogen (secondary N) is 1. The summed E-state index contributed by atoms with van der Waals surface area (Å²) in [4.78, 5) is 13.6. The smallest absolute Gasteiger partial charge is 0.225 e. The Morgan fingerprint density at radius 2 is 1.81 bits per heavy atom. The summed E-state index contributed by atoms with van der Waals surface area (Å²) in [6.45, 7) is 4.03. The van der Waals surface area contributed by atoms with Crippen LogP contribution in [0.5, 0.6) is 5.75 Å². The molecule has 4 heteroatoms. The lowest BCUT2D eigenvalue weighted by Crippen LogP contribution is -2.22. The van der Waals surface area contributed by atoms with Gasteiger partial charge in [-0.2, -0.15) is 0 Å². The van der Waals surface area contributed by atoms with E-state index in [4.69, 9.17) is 4.74 Å². The largest absolute Gasteiger partial charge is 0.491 e. The maximum absolute atomic E-state index is 12.4.